The van der Waals surface area contributed by atoms with Crippen LogP contribution in [0.4, 0.5) is 0 Å². The van der Waals surface area contributed by atoms with Crippen LogP contribution in [0.15, 0.2) is 24.5 Å². The van der Waals surface area contributed by atoms with E-state index >= 15 is 0 Å². The van der Waals surface area contributed by atoms with E-state index in [1.165, 1.54) is 0 Å². The molecular formula is C8H6INO. The molecule has 0 bridgehead atoms. The van der Waals surface area contributed by atoms with Crippen LogP contribution in [0.2, 0.25) is 0 Å². The highest BCUT2D eigenvalue weighted by Crippen LogP contribution is 2.27. The first kappa shape index (κ1) is 6.97. The van der Waals surface area contributed by atoms with Gasteiger partial charge in [0.2, 0.25) is 0 Å². The molecule has 11 heavy (non-hydrogen) atoms. The van der Waals surface area contributed by atoms with Crippen LogP contribution in [0.3, 0.4) is 0 Å². The predicted octanol–water partition coefficient (Wildman–Crippen LogP) is 2.48. The maximum atomic E-state index is 9.36. The van der Waals surface area contributed by atoms with E-state index in [0.29, 0.717) is 5.75 Å². The van der Waals surface area contributed by atoms with Gasteiger partial charge in [0, 0.05) is 26.7 Å². The highest BCUT2D eigenvalue weighted by molar-refractivity contribution is 14.1. The van der Waals surface area contributed by atoms with Crippen molar-refractivity contribution in [3.8, 4) is 5.75 Å². The van der Waals surface area contributed by atoms with Crippen LogP contribution < -0.4 is 0 Å². The van der Waals surface area contributed by atoms with Gasteiger partial charge in [-0.1, -0.05) is 0 Å². The molecule has 0 fully saturated rings. The van der Waals surface area contributed by atoms with Gasteiger partial charge in [-0.25, -0.2) is 0 Å². The third-order valence-electron chi connectivity index (χ3n) is 1.67. The third-order valence-corrected chi connectivity index (χ3v) is 2.61. The quantitative estimate of drug-likeness (QED) is 0.700. The molecule has 0 spiro atoms. The lowest BCUT2D eigenvalue weighted by atomic mass is 10.2. The Kier molecular flexibility index (Phi) is 1.52. The van der Waals surface area contributed by atoms with E-state index in [1.54, 1.807) is 12.3 Å². The zero-order valence-electron chi connectivity index (χ0n) is 5.63. The molecule has 0 radical (unpaired) electrons. The Labute approximate surface area is 77.4 Å². The summed E-state index contributed by atoms with van der Waals surface area (Å²) in [5.41, 5.74) is 0. The third kappa shape index (κ3) is 0.994. The first-order chi connectivity index (χ1) is 5.29. The lowest BCUT2D eigenvalue weighted by Gasteiger charge is -1.95. The van der Waals surface area contributed by atoms with Crippen molar-refractivity contribution in [2.24, 2.45) is 0 Å². The van der Waals surface area contributed by atoms with Crippen molar-refractivity contribution < 1.29 is 5.11 Å². The van der Waals surface area contributed by atoms with Gasteiger partial charge < -0.3 is 10.1 Å². The first-order valence-corrected chi connectivity index (χ1v) is 4.31. The van der Waals surface area contributed by atoms with Gasteiger partial charge in [0.25, 0.3) is 0 Å². The van der Waals surface area contributed by atoms with Crippen molar-refractivity contribution in [3.05, 3.63) is 28.1 Å². The number of phenolic OH excluding ortho intramolecular Hbond substituents is 1. The lowest BCUT2D eigenvalue weighted by Crippen LogP contribution is -1.71. The molecule has 3 heteroatoms. The summed E-state index contributed by atoms with van der Waals surface area (Å²) in [5, 5.41) is 11.3. The molecule has 0 aliphatic rings. The molecule has 2 nitrogen and oxygen atoms in total. The molecule has 2 N–H and O–H groups in total. The molecule has 0 aliphatic heterocycles. The maximum Gasteiger partial charge on any atom is 0.124 e. The molecule has 0 unspecified atom stereocenters. The van der Waals surface area contributed by atoms with Crippen molar-refractivity contribution in [1.29, 1.82) is 0 Å². The largest absolute Gasteiger partial charge is 0.507 e. The first-order valence-electron chi connectivity index (χ1n) is 3.23. The van der Waals surface area contributed by atoms with Crippen molar-refractivity contribution in [3.63, 3.8) is 0 Å². The summed E-state index contributed by atoms with van der Waals surface area (Å²) in [5.74, 6) is 0.335. The van der Waals surface area contributed by atoms with E-state index in [2.05, 4.69) is 27.6 Å². The summed E-state index contributed by atoms with van der Waals surface area (Å²) in [6.07, 6.45) is 3.68. The van der Waals surface area contributed by atoms with Gasteiger partial charge in [-0.2, -0.15) is 0 Å². The second-order valence-corrected chi connectivity index (χ2v) is 3.51. The fourth-order valence-corrected chi connectivity index (χ4v) is 1.73. The van der Waals surface area contributed by atoms with Crippen molar-refractivity contribution in [2.75, 3.05) is 0 Å². The molecule has 0 aliphatic carbocycles. The second kappa shape index (κ2) is 2.41. The lowest BCUT2D eigenvalue weighted by molar-refractivity contribution is 0.481. The Morgan fingerprint density at radius 1 is 1.18 bits per heavy atom. The van der Waals surface area contributed by atoms with E-state index in [-0.39, 0.29) is 0 Å². The summed E-state index contributed by atoms with van der Waals surface area (Å²) >= 11 is 2.24. The smallest absolute Gasteiger partial charge is 0.124 e. The van der Waals surface area contributed by atoms with E-state index in [9.17, 15) is 5.11 Å². The van der Waals surface area contributed by atoms with E-state index in [0.717, 1.165) is 14.3 Å². The zero-order valence-corrected chi connectivity index (χ0v) is 7.79. The number of hydrogen-bond acceptors (Lipinski definition) is 1. The molecule has 0 atom stereocenters. The highest BCUT2D eigenvalue weighted by atomic mass is 127. The van der Waals surface area contributed by atoms with Crippen LogP contribution >= 0.6 is 22.6 Å². The average Bonchev–Trinajstić information content (AvgIpc) is 2.45. The number of nitrogens with one attached hydrogen (secondary N) is 1. The molecule has 0 saturated heterocycles. The van der Waals surface area contributed by atoms with Crippen LogP contribution in [-0.2, 0) is 0 Å². The molecule has 1 heterocycles. The number of aromatic nitrogens is 1. The normalized spacial score (nSPS) is 10.6. The molecule has 2 aromatic rings. The number of hydrogen-bond donors (Lipinski definition) is 2. The second-order valence-electron chi connectivity index (χ2n) is 2.35. The van der Waals surface area contributed by atoms with Gasteiger partial charge in [-0.3, -0.25) is 0 Å². The van der Waals surface area contributed by atoms with Gasteiger partial charge >= 0.3 is 0 Å². The van der Waals surface area contributed by atoms with Crippen molar-refractivity contribution in [2.45, 2.75) is 0 Å². The standard InChI is InChI=1S/C8H6INO/c9-7-1-2-8(11)6-4-10-3-5(6)7/h1-4,10-11H. The molecular weight excluding hydrogens is 253 g/mol. The van der Waals surface area contributed by atoms with Gasteiger partial charge in [0.15, 0.2) is 0 Å². The highest BCUT2D eigenvalue weighted by Gasteiger charge is 2.02. The topological polar surface area (TPSA) is 36.0 Å². The average molecular weight is 259 g/mol. The van der Waals surface area contributed by atoms with Crippen molar-refractivity contribution in [1.82, 2.24) is 4.98 Å². The summed E-state index contributed by atoms with van der Waals surface area (Å²) in [6.45, 7) is 0. The maximum absolute atomic E-state index is 9.36. The Morgan fingerprint density at radius 3 is 2.64 bits per heavy atom. The fraction of sp³-hybridized carbons (Fsp3) is 0. The minimum atomic E-state index is 0.335. The SMILES string of the molecule is Oc1ccc(I)c2c[nH]cc12. The Morgan fingerprint density at radius 2 is 1.91 bits per heavy atom. The van der Waals surface area contributed by atoms with Crippen LogP contribution in [0, 0.1) is 3.57 Å². The molecule has 1 aromatic heterocycles. The van der Waals surface area contributed by atoms with E-state index in [4.69, 9.17) is 0 Å². The minimum absolute atomic E-state index is 0.335. The molecule has 0 saturated carbocycles. The fourth-order valence-electron chi connectivity index (χ4n) is 1.11. The summed E-state index contributed by atoms with van der Waals surface area (Å²) in [7, 11) is 0. The van der Waals surface area contributed by atoms with Gasteiger partial charge in [0.1, 0.15) is 5.75 Å². The summed E-state index contributed by atoms with van der Waals surface area (Å²) < 4.78 is 1.15. The molecule has 56 valence electrons. The number of rotatable bonds is 0. The van der Waals surface area contributed by atoms with Gasteiger partial charge in [-0.15, -0.1) is 0 Å². The van der Waals surface area contributed by atoms with Crippen molar-refractivity contribution >= 4 is 33.4 Å². The molecule has 2 rings (SSSR count). The van der Waals surface area contributed by atoms with Gasteiger partial charge in [0.05, 0.1) is 0 Å². The van der Waals surface area contributed by atoms with Crippen LogP contribution in [0.1, 0.15) is 0 Å². The number of halogens is 1. The van der Waals surface area contributed by atoms with E-state index < -0.39 is 0 Å². The Balaban J connectivity index is 2.96. The van der Waals surface area contributed by atoms with Gasteiger partial charge in [-0.05, 0) is 34.7 Å². The minimum Gasteiger partial charge on any atom is -0.507 e. The van der Waals surface area contributed by atoms with Crippen LogP contribution in [0.25, 0.3) is 10.8 Å². The Hall–Kier alpha value is -0.710. The van der Waals surface area contributed by atoms with Crippen LogP contribution in [0.5, 0.6) is 5.75 Å². The number of fused-ring (bicyclic) bond motifs is 1. The number of aromatic hydroxyl groups is 1. The number of phenols is 1. The predicted molar refractivity (Wildman–Crippen MR) is 52.7 cm³/mol. The monoisotopic (exact) mass is 259 g/mol. The number of aromatic amines is 1. The molecule has 0 amide bonds. The summed E-state index contributed by atoms with van der Waals surface area (Å²) in [6, 6.07) is 3.60. The summed E-state index contributed by atoms with van der Waals surface area (Å²) in [4.78, 5) is 2.95. The number of benzene rings is 1. The number of H-pyrrole nitrogens is 1. The molecule has 1 aromatic carbocycles. The zero-order chi connectivity index (χ0) is 7.84. The Bertz CT molecular complexity index is 358. The van der Waals surface area contributed by atoms with E-state index in [1.807, 2.05) is 12.3 Å². The van der Waals surface area contributed by atoms with Crippen LogP contribution in [-0.4, -0.2) is 10.1 Å².